The zero-order chi connectivity index (χ0) is 9.83. The summed E-state index contributed by atoms with van der Waals surface area (Å²) in [4.78, 5) is 0. The molecule has 4 aliphatic carbocycles. The lowest BCUT2D eigenvalue weighted by Crippen LogP contribution is -2.33. The number of nitrogens with one attached hydrogen (secondary N) is 1. The highest BCUT2D eigenvalue weighted by Gasteiger charge is 2.64. The van der Waals surface area contributed by atoms with E-state index >= 15 is 0 Å². The molecule has 1 N–H and O–H groups in total. The highest BCUT2D eigenvalue weighted by atomic mass is 15.0. The lowest BCUT2D eigenvalue weighted by Gasteiger charge is -2.20. The largest absolute Gasteiger partial charge is 0.307 e. The number of fused-ring (bicyclic) bond motifs is 5. The van der Waals surface area contributed by atoms with Gasteiger partial charge in [0.1, 0.15) is 0 Å². The summed E-state index contributed by atoms with van der Waals surface area (Å²) in [7, 11) is 0. The molecule has 15 heavy (non-hydrogen) atoms. The molecular formula is C14H21N. The van der Waals surface area contributed by atoms with Crippen LogP contribution in [0.4, 0.5) is 0 Å². The van der Waals surface area contributed by atoms with E-state index in [2.05, 4.69) is 17.5 Å². The van der Waals surface area contributed by atoms with Crippen molar-refractivity contribution >= 4 is 0 Å². The molecule has 2 bridgehead atoms. The highest BCUT2D eigenvalue weighted by molar-refractivity contribution is 5.18. The van der Waals surface area contributed by atoms with Crippen molar-refractivity contribution in [1.82, 2.24) is 5.32 Å². The van der Waals surface area contributed by atoms with E-state index in [0.29, 0.717) is 6.04 Å². The smallest absolute Gasteiger partial charge is 0.0252 e. The Morgan fingerprint density at radius 1 is 1.00 bits per heavy atom. The van der Waals surface area contributed by atoms with Gasteiger partial charge in [0.15, 0.2) is 0 Å². The Hall–Kier alpha value is -0.300. The Bertz CT molecular complexity index is 280. The number of hydrogen-bond acceptors (Lipinski definition) is 1. The van der Waals surface area contributed by atoms with Gasteiger partial charge in [-0.05, 0) is 62.2 Å². The van der Waals surface area contributed by atoms with Gasteiger partial charge in [0.2, 0.25) is 0 Å². The van der Waals surface area contributed by atoms with Crippen LogP contribution in [0.25, 0.3) is 0 Å². The van der Waals surface area contributed by atoms with Crippen molar-refractivity contribution in [1.29, 1.82) is 0 Å². The minimum atomic E-state index is 0.716. The van der Waals surface area contributed by atoms with E-state index in [9.17, 15) is 0 Å². The van der Waals surface area contributed by atoms with Gasteiger partial charge in [-0.25, -0.2) is 0 Å². The molecule has 3 saturated carbocycles. The summed E-state index contributed by atoms with van der Waals surface area (Å²) in [6.07, 6.45) is 13.5. The Labute approximate surface area is 92.3 Å². The van der Waals surface area contributed by atoms with Crippen LogP contribution in [-0.2, 0) is 0 Å². The molecule has 3 fully saturated rings. The second-order valence-electron chi connectivity index (χ2n) is 6.15. The zero-order valence-corrected chi connectivity index (χ0v) is 9.36. The van der Waals surface area contributed by atoms with Crippen molar-refractivity contribution in [3.05, 3.63) is 12.2 Å². The van der Waals surface area contributed by atoms with Gasteiger partial charge in [-0.2, -0.15) is 0 Å². The summed E-state index contributed by atoms with van der Waals surface area (Å²) in [5, 5.41) is 3.91. The van der Waals surface area contributed by atoms with E-state index in [1.54, 1.807) is 19.3 Å². The number of allylic oxidation sites excluding steroid dienone is 1. The third-order valence-electron chi connectivity index (χ3n) is 5.40. The molecule has 1 nitrogen and oxygen atoms in total. The normalized spacial score (nSPS) is 55.7. The van der Waals surface area contributed by atoms with Crippen LogP contribution in [-0.4, -0.2) is 12.1 Å². The molecule has 82 valence electrons. The predicted molar refractivity (Wildman–Crippen MR) is 61.5 cm³/mol. The summed E-state index contributed by atoms with van der Waals surface area (Å²) in [6, 6.07) is 1.64. The summed E-state index contributed by atoms with van der Waals surface area (Å²) in [5.41, 5.74) is 0. The Morgan fingerprint density at radius 3 is 2.47 bits per heavy atom. The van der Waals surface area contributed by atoms with Crippen molar-refractivity contribution in [2.24, 2.45) is 23.7 Å². The fraction of sp³-hybridized carbons (Fsp3) is 0.857. The predicted octanol–water partition coefficient (Wildman–Crippen LogP) is 2.73. The van der Waals surface area contributed by atoms with Crippen LogP contribution in [0.5, 0.6) is 0 Å². The first-order valence-corrected chi connectivity index (χ1v) is 6.86. The molecule has 1 heteroatoms. The van der Waals surface area contributed by atoms with E-state index in [4.69, 9.17) is 0 Å². The molecule has 0 aromatic carbocycles. The molecule has 5 atom stereocenters. The maximum atomic E-state index is 3.91. The van der Waals surface area contributed by atoms with Gasteiger partial charge in [-0.3, -0.25) is 0 Å². The molecule has 0 aromatic rings. The Morgan fingerprint density at radius 2 is 1.80 bits per heavy atom. The van der Waals surface area contributed by atoms with Crippen LogP contribution >= 0.6 is 0 Å². The Kier molecular flexibility index (Phi) is 1.82. The minimum Gasteiger partial charge on any atom is -0.307 e. The first-order chi connectivity index (χ1) is 7.43. The molecule has 4 aliphatic rings. The fourth-order valence-corrected chi connectivity index (χ4v) is 4.75. The summed E-state index contributed by atoms with van der Waals surface area (Å²) in [6.45, 7) is 0. The first-order valence-electron chi connectivity index (χ1n) is 6.86. The van der Waals surface area contributed by atoms with Crippen LogP contribution < -0.4 is 5.32 Å². The maximum Gasteiger partial charge on any atom is 0.0252 e. The zero-order valence-electron chi connectivity index (χ0n) is 9.36. The van der Waals surface area contributed by atoms with Crippen LogP contribution in [0.15, 0.2) is 12.2 Å². The van der Waals surface area contributed by atoms with Crippen LogP contribution in [0.3, 0.4) is 0 Å². The topological polar surface area (TPSA) is 12.0 Å². The SMILES string of the molecule is C1=CC(NC2C3C4CCC(C4)C23)CCC1. The van der Waals surface area contributed by atoms with Crippen LogP contribution in [0.2, 0.25) is 0 Å². The van der Waals surface area contributed by atoms with Crippen molar-refractivity contribution in [2.45, 2.75) is 50.6 Å². The van der Waals surface area contributed by atoms with Crippen LogP contribution in [0.1, 0.15) is 38.5 Å². The van der Waals surface area contributed by atoms with Gasteiger partial charge in [0.05, 0.1) is 0 Å². The van der Waals surface area contributed by atoms with E-state index in [-0.39, 0.29) is 0 Å². The van der Waals surface area contributed by atoms with Gasteiger partial charge in [0.25, 0.3) is 0 Å². The molecule has 0 saturated heterocycles. The monoisotopic (exact) mass is 203 g/mol. The highest BCUT2D eigenvalue weighted by Crippen LogP contribution is 2.65. The third-order valence-corrected chi connectivity index (χ3v) is 5.40. The molecule has 0 radical (unpaired) electrons. The van der Waals surface area contributed by atoms with Crippen molar-refractivity contribution in [2.75, 3.05) is 0 Å². The number of hydrogen-bond donors (Lipinski definition) is 1. The first kappa shape index (κ1) is 8.81. The lowest BCUT2D eigenvalue weighted by atomic mass is 10.0. The molecule has 0 spiro atoms. The van der Waals surface area contributed by atoms with Gasteiger partial charge < -0.3 is 5.32 Å². The standard InChI is InChI=1S/C14H21N/c1-2-4-11(5-3-1)15-14-12-9-6-7-10(8-9)13(12)14/h2,4,9-15H,1,3,5-8H2. The molecule has 0 aromatic heterocycles. The summed E-state index contributed by atoms with van der Waals surface area (Å²) >= 11 is 0. The number of rotatable bonds is 2. The average molecular weight is 203 g/mol. The van der Waals surface area contributed by atoms with Crippen molar-refractivity contribution in [3.8, 4) is 0 Å². The second kappa shape index (κ2) is 3.10. The summed E-state index contributed by atoms with van der Waals surface area (Å²) < 4.78 is 0. The molecule has 0 aliphatic heterocycles. The molecule has 4 rings (SSSR count). The van der Waals surface area contributed by atoms with Gasteiger partial charge in [-0.1, -0.05) is 12.2 Å². The third kappa shape index (κ3) is 1.25. The van der Waals surface area contributed by atoms with Gasteiger partial charge in [0, 0.05) is 12.1 Å². The molecule has 5 unspecified atom stereocenters. The average Bonchev–Trinajstić information content (AvgIpc) is 2.71. The fourth-order valence-electron chi connectivity index (χ4n) is 4.75. The van der Waals surface area contributed by atoms with E-state index in [1.807, 2.05) is 0 Å². The molecular weight excluding hydrogens is 182 g/mol. The Balaban J connectivity index is 1.41. The van der Waals surface area contributed by atoms with E-state index in [1.165, 1.54) is 19.3 Å². The van der Waals surface area contributed by atoms with Gasteiger partial charge in [-0.15, -0.1) is 0 Å². The minimum absolute atomic E-state index is 0.716. The quantitative estimate of drug-likeness (QED) is 0.680. The second-order valence-corrected chi connectivity index (χ2v) is 6.15. The van der Waals surface area contributed by atoms with Crippen molar-refractivity contribution < 1.29 is 0 Å². The van der Waals surface area contributed by atoms with Crippen molar-refractivity contribution in [3.63, 3.8) is 0 Å². The molecule has 0 heterocycles. The van der Waals surface area contributed by atoms with Gasteiger partial charge >= 0.3 is 0 Å². The van der Waals surface area contributed by atoms with E-state index in [0.717, 1.165) is 29.7 Å². The van der Waals surface area contributed by atoms with Crippen LogP contribution in [0, 0.1) is 23.7 Å². The maximum absolute atomic E-state index is 3.91. The summed E-state index contributed by atoms with van der Waals surface area (Å²) in [5.74, 6) is 4.42. The van der Waals surface area contributed by atoms with E-state index < -0.39 is 0 Å². The molecule has 0 amide bonds. The lowest BCUT2D eigenvalue weighted by molar-refractivity contribution is 0.424.